The maximum absolute atomic E-state index is 2.45. The lowest BCUT2D eigenvalue weighted by Gasteiger charge is -2.46. The second-order valence-corrected chi connectivity index (χ2v) is 5.18. The van der Waals surface area contributed by atoms with E-state index in [1.807, 2.05) is 0 Å². The van der Waals surface area contributed by atoms with Gasteiger partial charge >= 0.3 is 0 Å². The van der Waals surface area contributed by atoms with E-state index >= 15 is 0 Å². The average Bonchev–Trinajstić information content (AvgIpc) is 2.82. The van der Waals surface area contributed by atoms with E-state index in [1.54, 1.807) is 0 Å². The van der Waals surface area contributed by atoms with Gasteiger partial charge in [0.1, 0.15) is 0 Å². The summed E-state index contributed by atoms with van der Waals surface area (Å²) in [4.78, 5) is 0. The predicted molar refractivity (Wildman–Crippen MR) is 52.9 cm³/mol. The van der Waals surface area contributed by atoms with Gasteiger partial charge in [0, 0.05) is 0 Å². The zero-order valence-corrected chi connectivity index (χ0v) is 8.72. The normalized spacial score (nSPS) is 43.8. The highest BCUT2D eigenvalue weighted by atomic mass is 14.5. The van der Waals surface area contributed by atoms with Crippen molar-refractivity contribution in [3.63, 3.8) is 0 Å². The minimum absolute atomic E-state index is 1.03. The van der Waals surface area contributed by atoms with Gasteiger partial charge in [-0.25, -0.2) is 0 Å². The molecule has 0 heterocycles. The largest absolute Gasteiger partial charge is 0.0651 e. The molecule has 0 nitrogen and oxygen atoms in total. The second kappa shape index (κ2) is 3.05. The van der Waals surface area contributed by atoms with E-state index in [-0.39, 0.29) is 0 Å². The summed E-state index contributed by atoms with van der Waals surface area (Å²) in [6, 6.07) is 0. The van der Waals surface area contributed by atoms with Gasteiger partial charge in [0.15, 0.2) is 0 Å². The Balaban J connectivity index is 1.95. The summed E-state index contributed by atoms with van der Waals surface area (Å²) in [5.74, 6) is 5.37. The SMILES string of the molecule is CCC(C1CC1)C1C(C)CC1C. The van der Waals surface area contributed by atoms with E-state index in [0.717, 1.165) is 29.6 Å². The number of rotatable bonds is 3. The fourth-order valence-electron chi connectivity index (χ4n) is 3.55. The molecule has 3 atom stereocenters. The maximum atomic E-state index is 2.45. The molecule has 0 N–H and O–H groups in total. The third-order valence-corrected chi connectivity index (χ3v) is 4.25. The van der Waals surface area contributed by atoms with Crippen molar-refractivity contribution in [2.45, 2.75) is 46.5 Å². The first-order chi connectivity index (χ1) is 5.74. The molecule has 0 spiro atoms. The summed E-state index contributed by atoms with van der Waals surface area (Å²) >= 11 is 0. The van der Waals surface area contributed by atoms with Gasteiger partial charge in [0.05, 0.1) is 0 Å². The van der Waals surface area contributed by atoms with Crippen LogP contribution in [-0.2, 0) is 0 Å². The lowest BCUT2D eigenvalue weighted by molar-refractivity contribution is 0.0298. The van der Waals surface area contributed by atoms with E-state index in [2.05, 4.69) is 20.8 Å². The van der Waals surface area contributed by atoms with Crippen molar-refractivity contribution in [1.29, 1.82) is 0 Å². The van der Waals surface area contributed by atoms with Crippen molar-refractivity contribution < 1.29 is 0 Å². The van der Waals surface area contributed by atoms with Gasteiger partial charge in [-0.3, -0.25) is 0 Å². The average molecular weight is 166 g/mol. The monoisotopic (exact) mass is 166 g/mol. The van der Waals surface area contributed by atoms with Crippen LogP contribution in [-0.4, -0.2) is 0 Å². The van der Waals surface area contributed by atoms with Crippen molar-refractivity contribution >= 4 is 0 Å². The molecule has 2 aliphatic carbocycles. The van der Waals surface area contributed by atoms with Crippen molar-refractivity contribution in [1.82, 2.24) is 0 Å². The Hall–Kier alpha value is 0. The molecule has 0 saturated heterocycles. The van der Waals surface area contributed by atoms with E-state index < -0.39 is 0 Å². The Morgan fingerprint density at radius 3 is 2.08 bits per heavy atom. The second-order valence-electron chi connectivity index (χ2n) is 5.18. The van der Waals surface area contributed by atoms with Crippen molar-refractivity contribution in [3.05, 3.63) is 0 Å². The Bertz CT molecular complexity index is 147. The minimum atomic E-state index is 1.03. The van der Waals surface area contributed by atoms with Crippen LogP contribution < -0.4 is 0 Å². The zero-order chi connectivity index (χ0) is 8.72. The van der Waals surface area contributed by atoms with Crippen molar-refractivity contribution in [2.75, 3.05) is 0 Å². The summed E-state index contributed by atoms with van der Waals surface area (Å²) in [6.07, 6.45) is 6.00. The molecule has 0 aromatic heterocycles. The molecule has 0 heteroatoms. The molecule has 70 valence electrons. The standard InChI is InChI=1S/C12H22/c1-4-11(10-5-6-10)12-8(2)7-9(12)3/h8-12H,4-7H2,1-3H3. The quantitative estimate of drug-likeness (QED) is 0.599. The lowest BCUT2D eigenvalue weighted by Crippen LogP contribution is -2.39. The van der Waals surface area contributed by atoms with E-state index in [0.29, 0.717) is 0 Å². The van der Waals surface area contributed by atoms with Crippen LogP contribution in [0.1, 0.15) is 46.5 Å². The molecule has 2 aliphatic rings. The van der Waals surface area contributed by atoms with Gasteiger partial charge in [-0.1, -0.05) is 27.2 Å². The first kappa shape index (κ1) is 8.59. The Labute approximate surface area is 76.7 Å². The van der Waals surface area contributed by atoms with Crippen LogP contribution in [0.4, 0.5) is 0 Å². The van der Waals surface area contributed by atoms with Gasteiger partial charge in [0.2, 0.25) is 0 Å². The molecular formula is C12H22. The molecule has 2 saturated carbocycles. The van der Waals surface area contributed by atoms with E-state index in [4.69, 9.17) is 0 Å². The first-order valence-corrected chi connectivity index (χ1v) is 5.74. The molecule has 0 bridgehead atoms. The summed E-state index contributed by atoms with van der Waals surface area (Å²) in [5.41, 5.74) is 0. The van der Waals surface area contributed by atoms with Crippen molar-refractivity contribution in [2.24, 2.45) is 29.6 Å². The topological polar surface area (TPSA) is 0 Å². The van der Waals surface area contributed by atoms with E-state index in [1.165, 1.54) is 25.7 Å². The molecule has 0 amide bonds. The van der Waals surface area contributed by atoms with Gasteiger partial charge in [-0.05, 0) is 48.9 Å². The highest BCUT2D eigenvalue weighted by molar-refractivity contribution is 4.94. The predicted octanol–water partition coefficient (Wildman–Crippen LogP) is 3.71. The fraction of sp³-hybridized carbons (Fsp3) is 1.00. The smallest absolute Gasteiger partial charge is 0.0332 e. The molecular weight excluding hydrogens is 144 g/mol. The van der Waals surface area contributed by atoms with Crippen molar-refractivity contribution in [3.8, 4) is 0 Å². The van der Waals surface area contributed by atoms with Gasteiger partial charge in [0.25, 0.3) is 0 Å². The molecule has 12 heavy (non-hydrogen) atoms. The van der Waals surface area contributed by atoms with Crippen LogP contribution in [0, 0.1) is 29.6 Å². The molecule has 0 radical (unpaired) electrons. The molecule has 0 aromatic carbocycles. The van der Waals surface area contributed by atoms with Gasteiger partial charge < -0.3 is 0 Å². The molecule has 0 aliphatic heterocycles. The Morgan fingerprint density at radius 1 is 1.17 bits per heavy atom. The molecule has 2 fully saturated rings. The molecule has 3 unspecified atom stereocenters. The summed E-state index contributed by atoms with van der Waals surface area (Å²) < 4.78 is 0. The zero-order valence-electron chi connectivity index (χ0n) is 8.72. The van der Waals surface area contributed by atoms with Crippen LogP contribution in [0.5, 0.6) is 0 Å². The number of hydrogen-bond acceptors (Lipinski definition) is 0. The maximum Gasteiger partial charge on any atom is -0.0332 e. The highest BCUT2D eigenvalue weighted by Gasteiger charge is 2.44. The Morgan fingerprint density at radius 2 is 1.75 bits per heavy atom. The van der Waals surface area contributed by atoms with Crippen LogP contribution >= 0.6 is 0 Å². The third kappa shape index (κ3) is 1.30. The van der Waals surface area contributed by atoms with E-state index in [9.17, 15) is 0 Å². The third-order valence-electron chi connectivity index (χ3n) is 4.25. The minimum Gasteiger partial charge on any atom is -0.0651 e. The first-order valence-electron chi connectivity index (χ1n) is 5.74. The Kier molecular flexibility index (Phi) is 2.18. The van der Waals surface area contributed by atoms with Gasteiger partial charge in [-0.15, -0.1) is 0 Å². The van der Waals surface area contributed by atoms with Crippen LogP contribution in [0.15, 0.2) is 0 Å². The molecule has 2 rings (SSSR count). The summed E-state index contributed by atoms with van der Waals surface area (Å²) in [6.45, 7) is 7.30. The molecule has 0 aromatic rings. The van der Waals surface area contributed by atoms with Gasteiger partial charge in [-0.2, -0.15) is 0 Å². The fourth-order valence-corrected chi connectivity index (χ4v) is 3.55. The van der Waals surface area contributed by atoms with Crippen LogP contribution in [0.3, 0.4) is 0 Å². The number of hydrogen-bond donors (Lipinski definition) is 0. The summed E-state index contributed by atoms with van der Waals surface area (Å²) in [7, 11) is 0. The highest BCUT2D eigenvalue weighted by Crippen LogP contribution is 2.53. The lowest BCUT2D eigenvalue weighted by atomic mass is 9.59. The van der Waals surface area contributed by atoms with Crippen LogP contribution in [0.25, 0.3) is 0 Å². The summed E-state index contributed by atoms with van der Waals surface area (Å²) in [5, 5.41) is 0. The van der Waals surface area contributed by atoms with Crippen LogP contribution in [0.2, 0.25) is 0 Å².